The van der Waals surface area contributed by atoms with Crippen LogP contribution in [0.5, 0.6) is 0 Å². The van der Waals surface area contributed by atoms with Gasteiger partial charge in [0.2, 0.25) is 0 Å². The van der Waals surface area contributed by atoms with Crippen LogP contribution >= 0.6 is 11.8 Å². The summed E-state index contributed by atoms with van der Waals surface area (Å²) in [4.78, 5) is 15.5. The van der Waals surface area contributed by atoms with Crippen LogP contribution in [0.4, 0.5) is 0 Å². The Morgan fingerprint density at radius 3 is 3.06 bits per heavy atom. The lowest BCUT2D eigenvalue weighted by Gasteiger charge is -2.04. The summed E-state index contributed by atoms with van der Waals surface area (Å²) < 4.78 is 10.1. The van der Waals surface area contributed by atoms with Crippen molar-refractivity contribution in [3.63, 3.8) is 0 Å². The van der Waals surface area contributed by atoms with Crippen molar-refractivity contribution in [2.24, 2.45) is 5.92 Å². The number of esters is 1. The minimum Gasteiger partial charge on any atom is -0.461 e. The molecule has 1 aliphatic carbocycles. The molecule has 1 saturated carbocycles. The van der Waals surface area contributed by atoms with Crippen LogP contribution in [0.2, 0.25) is 0 Å². The van der Waals surface area contributed by atoms with Gasteiger partial charge >= 0.3 is 5.97 Å². The summed E-state index contributed by atoms with van der Waals surface area (Å²) in [5, 5.41) is 0.569. The zero-order valence-electron chi connectivity index (χ0n) is 9.98. The van der Waals surface area contributed by atoms with Gasteiger partial charge in [0.1, 0.15) is 6.26 Å². The number of oxazole rings is 1. The van der Waals surface area contributed by atoms with Gasteiger partial charge in [-0.3, -0.25) is 0 Å². The van der Waals surface area contributed by atoms with Gasteiger partial charge in [0.05, 0.1) is 6.61 Å². The monoisotopic (exact) mass is 255 g/mol. The van der Waals surface area contributed by atoms with E-state index in [0.717, 1.165) is 11.7 Å². The van der Waals surface area contributed by atoms with E-state index in [1.54, 1.807) is 18.7 Å². The van der Waals surface area contributed by atoms with Crippen LogP contribution in [0.1, 0.15) is 43.1 Å². The smallest absolute Gasteiger partial charge is 0.360 e. The molecule has 1 aromatic rings. The lowest BCUT2D eigenvalue weighted by Crippen LogP contribution is -2.04. The molecular formula is C12H17NO3S. The van der Waals surface area contributed by atoms with Gasteiger partial charge in [0.25, 0.3) is 5.22 Å². The second-order valence-electron chi connectivity index (χ2n) is 4.18. The molecule has 0 radical (unpaired) electrons. The molecule has 0 aromatic carbocycles. The van der Waals surface area contributed by atoms with E-state index in [4.69, 9.17) is 9.15 Å². The lowest BCUT2D eigenvalue weighted by molar-refractivity contribution is 0.0519. The molecule has 0 amide bonds. The van der Waals surface area contributed by atoms with Crippen molar-refractivity contribution in [3.8, 4) is 0 Å². The molecule has 0 N–H and O–H groups in total. The third kappa shape index (κ3) is 3.49. The number of aromatic nitrogens is 1. The molecule has 1 heterocycles. The highest BCUT2D eigenvalue weighted by Gasteiger charge is 2.18. The molecular weight excluding hydrogens is 238 g/mol. The minimum atomic E-state index is -0.413. The van der Waals surface area contributed by atoms with Crippen molar-refractivity contribution in [1.29, 1.82) is 0 Å². The lowest BCUT2D eigenvalue weighted by atomic mass is 10.1. The van der Waals surface area contributed by atoms with Crippen molar-refractivity contribution in [3.05, 3.63) is 12.0 Å². The largest absolute Gasteiger partial charge is 0.461 e. The van der Waals surface area contributed by atoms with Gasteiger partial charge in [0, 0.05) is 5.75 Å². The molecule has 0 unspecified atom stereocenters. The molecule has 1 aromatic heterocycles. The maximum Gasteiger partial charge on any atom is 0.360 e. The third-order valence-corrected chi connectivity index (χ3v) is 3.96. The predicted octanol–water partition coefficient (Wildman–Crippen LogP) is 3.13. The molecule has 0 spiro atoms. The van der Waals surface area contributed by atoms with Gasteiger partial charge in [-0.05, 0) is 25.7 Å². The highest BCUT2D eigenvalue weighted by Crippen LogP contribution is 2.30. The zero-order valence-corrected chi connectivity index (χ0v) is 10.8. The summed E-state index contributed by atoms with van der Waals surface area (Å²) in [6.07, 6.45) is 6.65. The fourth-order valence-electron chi connectivity index (χ4n) is 1.99. The molecule has 0 aliphatic heterocycles. The summed E-state index contributed by atoms with van der Waals surface area (Å²) in [7, 11) is 0. The second-order valence-corrected chi connectivity index (χ2v) is 5.15. The first-order valence-corrected chi connectivity index (χ1v) is 7.03. The van der Waals surface area contributed by atoms with Gasteiger partial charge in [-0.25, -0.2) is 4.79 Å². The highest BCUT2D eigenvalue weighted by molar-refractivity contribution is 7.99. The first-order valence-electron chi connectivity index (χ1n) is 6.05. The zero-order chi connectivity index (χ0) is 12.1. The topological polar surface area (TPSA) is 52.3 Å². The SMILES string of the molecule is CCOC(=O)c1coc(SCC2CCCC2)n1. The molecule has 17 heavy (non-hydrogen) atoms. The first-order chi connectivity index (χ1) is 8.29. The highest BCUT2D eigenvalue weighted by atomic mass is 32.2. The third-order valence-electron chi connectivity index (χ3n) is 2.88. The number of carbonyl (C=O) groups is 1. The van der Waals surface area contributed by atoms with Crippen LogP contribution < -0.4 is 0 Å². The summed E-state index contributed by atoms with van der Waals surface area (Å²) in [6.45, 7) is 2.13. The van der Waals surface area contributed by atoms with Crippen molar-refractivity contribution in [2.75, 3.05) is 12.4 Å². The molecule has 94 valence electrons. The van der Waals surface area contributed by atoms with Crippen molar-refractivity contribution < 1.29 is 13.9 Å². The van der Waals surface area contributed by atoms with Gasteiger partial charge in [-0.2, -0.15) is 4.98 Å². The number of hydrogen-bond donors (Lipinski definition) is 0. The molecule has 0 saturated heterocycles. The van der Waals surface area contributed by atoms with Gasteiger partial charge in [0.15, 0.2) is 5.69 Å². The Kier molecular flexibility index (Phi) is 4.48. The molecule has 1 aliphatic rings. The number of rotatable bonds is 5. The van der Waals surface area contributed by atoms with Gasteiger partial charge in [-0.1, -0.05) is 24.6 Å². The van der Waals surface area contributed by atoms with Crippen LogP contribution in [-0.4, -0.2) is 23.3 Å². The van der Waals surface area contributed by atoms with Crippen LogP contribution in [0.15, 0.2) is 15.9 Å². The number of nitrogens with zero attached hydrogens (tertiary/aromatic N) is 1. The van der Waals surface area contributed by atoms with E-state index in [1.807, 2.05) is 0 Å². The van der Waals surface area contributed by atoms with Crippen LogP contribution in [0.3, 0.4) is 0 Å². The average molecular weight is 255 g/mol. The molecule has 0 atom stereocenters. The molecule has 2 rings (SSSR count). The minimum absolute atomic E-state index is 0.265. The predicted molar refractivity (Wildman–Crippen MR) is 65.1 cm³/mol. The van der Waals surface area contributed by atoms with E-state index in [1.165, 1.54) is 31.9 Å². The maximum absolute atomic E-state index is 11.4. The number of ether oxygens (including phenoxy) is 1. The summed E-state index contributed by atoms with van der Waals surface area (Å²) in [5.41, 5.74) is 0.265. The number of hydrogen-bond acceptors (Lipinski definition) is 5. The van der Waals surface area contributed by atoms with E-state index in [2.05, 4.69) is 4.98 Å². The fourth-order valence-corrected chi connectivity index (χ4v) is 2.98. The van der Waals surface area contributed by atoms with E-state index >= 15 is 0 Å². The fraction of sp³-hybridized carbons (Fsp3) is 0.667. The average Bonchev–Trinajstić information content (AvgIpc) is 2.98. The van der Waals surface area contributed by atoms with E-state index < -0.39 is 5.97 Å². The van der Waals surface area contributed by atoms with Crippen LogP contribution in [0, 0.1) is 5.92 Å². The molecule has 4 nitrogen and oxygen atoms in total. The van der Waals surface area contributed by atoms with E-state index in [0.29, 0.717) is 11.8 Å². The van der Waals surface area contributed by atoms with Crippen molar-refractivity contribution in [1.82, 2.24) is 4.98 Å². The summed E-state index contributed by atoms with van der Waals surface area (Å²) in [5.74, 6) is 1.39. The Morgan fingerprint density at radius 1 is 1.59 bits per heavy atom. The summed E-state index contributed by atoms with van der Waals surface area (Å²) >= 11 is 1.59. The Morgan fingerprint density at radius 2 is 2.35 bits per heavy atom. The Bertz CT molecular complexity index is 372. The molecule has 1 fully saturated rings. The van der Waals surface area contributed by atoms with Crippen LogP contribution in [0.25, 0.3) is 0 Å². The quantitative estimate of drug-likeness (QED) is 0.597. The van der Waals surface area contributed by atoms with E-state index in [9.17, 15) is 4.79 Å². The van der Waals surface area contributed by atoms with Crippen molar-refractivity contribution in [2.45, 2.75) is 37.8 Å². The first kappa shape index (κ1) is 12.5. The Hall–Kier alpha value is -0.970. The second kappa shape index (κ2) is 6.10. The normalized spacial score (nSPS) is 16.3. The summed E-state index contributed by atoms with van der Waals surface area (Å²) in [6, 6.07) is 0. The van der Waals surface area contributed by atoms with E-state index in [-0.39, 0.29) is 5.69 Å². The number of thioether (sulfide) groups is 1. The van der Waals surface area contributed by atoms with Crippen molar-refractivity contribution >= 4 is 17.7 Å². The Labute approximate surface area is 105 Å². The van der Waals surface area contributed by atoms with Gasteiger partial charge in [-0.15, -0.1) is 0 Å². The number of carbonyl (C=O) groups excluding carboxylic acids is 1. The van der Waals surface area contributed by atoms with Gasteiger partial charge < -0.3 is 9.15 Å². The maximum atomic E-state index is 11.4. The van der Waals surface area contributed by atoms with Crippen LogP contribution in [-0.2, 0) is 4.74 Å². The molecule has 0 bridgehead atoms. The standard InChI is InChI=1S/C12H17NO3S/c1-2-15-11(14)10-7-16-12(13-10)17-8-9-5-3-4-6-9/h7,9H,2-6,8H2,1H3. The molecule has 5 heteroatoms. The Balaban J connectivity index is 1.83.